The van der Waals surface area contributed by atoms with Gasteiger partial charge in [-0.05, 0) is 37.1 Å². The van der Waals surface area contributed by atoms with Crippen LogP contribution in [0.25, 0.3) is 11.4 Å². The standard InChI is InChI=1S/C17H17Cl2N3S2/c1-3-7-22-16(12-8-11(2)23-9-12)20-21-17(22)24-10-13-14(18)5-4-6-15(13)19/h4-6,8-9H,3,7,10H2,1-2H3. The quantitative estimate of drug-likeness (QED) is 0.455. The SMILES string of the molecule is CCCn1c(SCc2c(Cl)cccc2Cl)nnc1-c1csc(C)c1. The van der Waals surface area contributed by atoms with Gasteiger partial charge in [-0.15, -0.1) is 21.5 Å². The molecular formula is C17H17Cl2N3S2. The van der Waals surface area contributed by atoms with E-state index in [1.54, 1.807) is 23.1 Å². The Morgan fingerprint density at radius 1 is 1.21 bits per heavy atom. The highest BCUT2D eigenvalue weighted by molar-refractivity contribution is 7.98. The van der Waals surface area contributed by atoms with E-state index in [0.717, 1.165) is 35.1 Å². The molecule has 1 aromatic carbocycles. The average Bonchev–Trinajstić information content (AvgIpc) is 3.14. The fourth-order valence-corrected chi connectivity index (χ4v) is 4.79. The molecule has 126 valence electrons. The smallest absolute Gasteiger partial charge is 0.191 e. The highest BCUT2D eigenvalue weighted by Gasteiger charge is 2.16. The van der Waals surface area contributed by atoms with Crippen LogP contribution in [0.3, 0.4) is 0 Å². The van der Waals surface area contributed by atoms with Crippen molar-refractivity contribution in [3.8, 4) is 11.4 Å². The molecule has 0 aliphatic carbocycles. The lowest BCUT2D eigenvalue weighted by Crippen LogP contribution is -2.01. The van der Waals surface area contributed by atoms with Crippen LogP contribution in [-0.2, 0) is 12.3 Å². The molecular weight excluding hydrogens is 381 g/mol. The number of hydrogen-bond donors (Lipinski definition) is 0. The second kappa shape index (κ2) is 7.91. The van der Waals surface area contributed by atoms with Gasteiger partial charge in [-0.2, -0.15) is 0 Å². The van der Waals surface area contributed by atoms with Crippen molar-refractivity contribution in [2.75, 3.05) is 0 Å². The summed E-state index contributed by atoms with van der Waals surface area (Å²) in [6.45, 7) is 5.14. The van der Waals surface area contributed by atoms with Crippen molar-refractivity contribution in [3.63, 3.8) is 0 Å². The first-order valence-corrected chi connectivity index (χ1v) is 10.3. The summed E-state index contributed by atoms with van der Waals surface area (Å²) in [5.74, 6) is 1.59. The maximum atomic E-state index is 6.26. The summed E-state index contributed by atoms with van der Waals surface area (Å²) < 4.78 is 2.18. The molecule has 24 heavy (non-hydrogen) atoms. The van der Waals surface area contributed by atoms with E-state index in [-0.39, 0.29) is 0 Å². The number of rotatable bonds is 6. The summed E-state index contributed by atoms with van der Waals surface area (Å²) in [5, 5.41) is 13.2. The van der Waals surface area contributed by atoms with E-state index >= 15 is 0 Å². The van der Waals surface area contributed by atoms with Crippen LogP contribution < -0.4 is 0 Å². The molecule has 0 bridgehead atoms. The van der Waals surface area contributed by atoms with Gasteiger partial charge in [-0.3, -0.25) is 0 Å². The van der Waals surface area contributed by atoms with Gasteiger partial charge in [-0.1, -0.05) is 48.0 Å². The molecule has 0 aliphatic rings. The maximum Gasteiger partial charge on any atom is 0.191 e. The molecule has 3 nitrogen and oxygen atoms in total. The van der Waals surface area contributed by atoms with Crippen LogP contribution in [0, 0.1) is 6.92 Å². The third kappa shape index (κ3) is 3.80. The van der Waals surface area contributed by atoms with Crippen LogP contribution in [0.15, 0.2) is 34.8 Å². The zero-order chi connectivity index (χ0) is 17.1. The van der Waals surface area contributed by atoms with E-state index in [1.807, 2.05) is 18.2 Å². The van der Waals surface area contributed by atoms with Gasteiger partial charge >= 0.3 is 0 Å². The third-order valence-corrected chi connectivity index (χ3v) is 6.12. The fraction of sp³-hybridized carbons (Fsp3) is 0.294. The Morgan fingerprint density at radius 3 is 2.58 bits per heavy atom. The number of halogens is 2. The zero-order valence-corrected chi connectivity index (χ0v) is 16.6. The monoisotopic (exact) mass is 397 g/mol. The average molecular weight is 398 g/mol. The number of thiophene rings is 1. The Balaban J connectivity index is 1.87. The van der Waals surface area contributed by atoms with E-state index in [2.05, 4.69) is 40.1 Å². The van der Waals surface area contributed by atoms with E-state index in [9.17, 15) is 0 Å². The van der Waals surface area contributed by atoms with E-state index in [0.29, 0.717) is 15.8 Å². The molecule has 3 aromatic rings. The Kier molecular flexibility index (Phi) is 5.87. The van der Waals surface area contributed by atoms with Gasteiger partial charge in [0.25, 0.3) is 0 Å². The lowest BCUT2D eigenvalue weighted by atomic mass is 10.2. The molecule has 0 amide bonds. The number of thioether (sulfide) groups is 1. The summed E-state index contributed by atoms with van der Waals surface area (Å²) in [4.78, 5) is 1.27. The van der Waals surface area contributed by atoms with Gasteiger partial charge in [0.05, 0.1) is 0 Å². The Labute approximate surface area is 160 Å². The number of hydrogen-bond acceptors (Lipinski definition) is 4. The van der Waals surface area contributed by atoms with Gasteiger partial charge in [0.2, 0.25) is 0 Å². The molecule has 0 N–H and O–H groups in total. The lowest BCUT2D eigenvalue weighted by Gasteiger charge is -2.09. The van der Waals surface area contributed by atoms with Crippen LogP contribution in [-0.4, -0.2) is 14.8 Å². The second-order valence-electron chi connectivity index (χ2n) is 5.39. The molecule has 7 heteroatoms. The van der Waals surface area contributed by atoms with Crippen molar-refractivity contribution >= 4 is 46.3 Å². The zero-order valence-electron chi connectivity index (χ0n) is 13.4. The minimum absolute atomic E-state index is 0.670. The van der Waals surface area contributed by atoms with Crippen molar-refractivity contribution < 1.29 is 0 Å². The normalized spacial score (nSPS) is 11.2. The Bertz CT molecular complexity index is 822. The number of aromatic nitrogens is 3. The van der Waals surface area contributed by atoms with Gasteiger partial charge in [0, 0.05) is 38.2 Å². The minimum atomic E-state index is 0.670. The molecule has 0 saturated carbocycles. The van der Waals surface area contributed by atoms with Gasteiger partial charge in [-0.25, -0.2) is 0 Å². The topological polar surface area (TPSA) is 30.7 Å². The molecule has 3 rings (SSSR count). The number of nitrogens with zero attached hydrogens (tertiary/aromatic N) is 3. The molecule has 0 unspecified atom stereocenters. The van der Waals surface area contributed by atoms with Crippen LogP contribution in [0.2, 0.25) is 10.0 Å². The highest BCUT2D eigenvalue weighted by atomic mass is 35.5. The largest absolute Gasteiger partial charge is 0.302 e. The van der Waals surface area contributed by atoms with Gasteiger partial charge in [0.1, 0.15) is 0 Å². The van der Waals surface area contributed by atoms with Crippen molar-refractivity contribution in [2.45, 2.75) is 37.7 Å². The first-order chi connectivity index (χ1) is 11.6. The Morgan fingerprint density at radius 2 is 1.96 bits per heavy atom. The molecule has 0 aliphatic heterocycles. The predicted molar refractivity (Wildman–Crippen MR) is 104 cm³/mol. The maximum absolute atomic E-state index is 6.26. The second-order valence-corrected chi connectivity index (χ2v) is 8.26. The summed E-state index contributed by atoms with van der Waals surface area (Å²) in [7, 11) is 0. The summed E-state index contributed by atoms with van der Waals surface area (Å²) >= 11 is 15.9. The predicted octanol–water partition coefficient (Wildman–Crippen LogP) is 6.32. The number of benzene rings is 1. The molecule has 0 radical (unpaired) electrons. The minimum Gasteiger partial charge on any atom is -0.302 e. The third-order valence-electron chi connectivity index (χ3n) is 3.56. The molecule has 2 aromatic heterocycles. The van der Waals surface area contributed by atoms with Crippen LogP contribution in [0.4, 0.5) is 0 Å². The van der Waals surface area contributed by atoms with Crippen molar-refractivity contribution in [2.24, 2.45) is 0 Å². The van der Waals surface area contributed by atoms with Gasteiger partial charge < -0.3 is 4.57 Å². The van der Waals surface area contributed by atoms with E-state index in [4.69, 9.17) is 23.2 Å². The number of aryl methyl sites for hydroxylation is 1. The fourth-order valence-electron chi connectivity index (χ4n) is 2.40. The van der Waals surface area contributed by atoms with E-state index in [1.165, 1.54) is 4.88 Å². The van der Waals surface area contributed by atoms with Crippen molar-refractivity contribution in [1.82, 2.24) is 14.8 Å². The van der Waals surface area contributed by atoms with Crippen molar-refractivity contribution in [1.29, 1.82) is 0 Å². The molecule has 0 fully saturated rings. The summed E-state index contributed by atoms with van der Waals surface area (Å²) in [5.41, 5.74) is 2.06. The first-order valence-electron chi connectivity index (χ1n) is 7.64. The molecule has 0 atom stereocenters. The van der Waals surface area contributed by atoms with Crippen LogP contribution in [0.5, 0.6) is 0 Å². The summed E-state index contributed by atoms with van der Waals surface area (Å²) in [6.07, 6.45) is 1.02. The van der Waals surface area contributed by atoms with Gasteiger partial charge in [0.15, 0.2) is 11.0 Å². The molecule has 2 heterocycles. The Hall–Kier alpha value is -1.01. The first kappa shape index (κ1) is 17.8. The van der Waals surface area contributed by atoms with Crippen LogP contribution in [0.1, 0.15) is 23.8 Å². The van der Waals surface area contributed by atoms with Crippen molar-refractivity contribution in [3.05, 3.63) is 50.1 Å². The summed E-state index contributed by atoms with van der Waals surface area (Å²) in [6, 6.07) is 7.73. The lowest BCUT2D eigenvalue weighted by molar-refractivity contribution is 0.626. The highest BCUT2D eigenvalue weighted by Crippen LogP contribution is 2.33. The molecule has 0 spiro atoms. The van der Waals surface area contributed by atoms with E-state index < -0.39 is 0 Å². The molecule has 0 saturated heterocycles. The van der Waals surface area contributed by atoms with Crippen LogP contribution >= 0.6 is 46.3 Å².